The highest BCUT2D eigenvalue weighted by molar-refractivity contribution is 6.36. The molecule has 2 heterocycles. The zero-order chi connectivity index (χ0) is 19.6. The fraction of sp³-hybridized carbons (Fsp3) is 0.375. The van der Waals surface area contributed by atoms with Crippen molar-refractivity contribution < 1.29 is 0 Å². The smallest absolute Gasteiger partial charge is 0.132 e. The quantitative estimate of drug-likeness (QED) is 0.510. The molecule has 25 heavy (non-hydrogen) atoms. The van der Waals surface area contributed by atoms with Crippen LogP contribution in [0.1, 0.15) is 27.7 Å². The summed E-state index contributed by atoms with van der Waals surface area (Å²) in [6.07, 6.45) is 0. The van der Waals surface area contributed by atoms with Gasteiger partial charge in [0.2, 0.25) is 0 Å². The maximum Gasteiger partial charge on any atom is 0.132 e. The van der Waals surface area contributed by atoms with E-state index in [2.05, 4.69) is 15.3 Å². The molecule has 0 saturated carbocycles. The normalized spacial score (nSPS) is 9.92. The van der Waals surface area contributed by atoms with Crippen molar-refractivity contribution in [1.29, 1.82) is 0 Å². The summed E-state index contributed by atoms with van der Waals surface area (Å²) in [5.74, 6) is 0.711. The molecule has 0 saturated heterocycles. The molecule has 0 spiro atoms. The van der Waals surface area contributed by atoms with E-state index in [-0.39, 0.29) is 0 Å². The number of hydrogen-bond acceptors (Lipinski definition) is 4. The Labute approximate surface area is 174 Å². The molecule has 0 unspecified atom stereocenters. The van der Waals surface area contributed by atoms with Gasteiger partial charge in [-0.2, -0.15) is 0 Å². The first-order valence-electron chi connectivity index (χ1n) is 7.33. The van der Waals surface area contributed by atoms with Gasteiger partial charge in [-0.05, 0) is 44.2 Å². The van der Waals surface area contributed by atoms with E-state index >= 15 is 0 Å². The molecule has 0 atom stereocenters. The third kappa shape index (κ3) is 14.4. The summed E-state index contributed by atoms with van der Waals surface area (Å²) in [6.45, 7) is 7.94. The summed E-state index contributed by atoms with van der Waals surface area (Å²) in [6, 6.07) is 7.05. The molecule has 0 aliphatic carbocycles. The second-order valence-corrected chi connectivity index (χ2v) is 7.50. The Kier molecular flexibility index (Phi) is 12.5. The Bertz CT molecular complexity index is 577. The predicted molar refractivity (Wildman–Crippen MR) is 112 cm³/mol. The van der Waals surface area contributed by atoms with Crippen LogP contribution in [0, 0.1) is 0 Å². The number of anilines is 1. The van der Waals surface area contributed by atoms with E-state index in [1.807, 2.05) is 27.7 Å². The van der Waals surface area contributed by atoms with E-state index in [9.17, 15) is 0 Å². The highest BCUT2D eigenvalue weighted by Gasteiger charge is 2.00. The van der Waals surface area contributed by atoms with Gasteiger partial charge in [0.1, 0.15) is 21.3 Å². The van der Waals surface area contributed by atoms with E-state index in [1.54, 1.807) is 12.1 Å². The summed E-state index contributed by atoms with van der Waals surface area (Å²) in [5, 5.41) is 5.23. The first-order valence-corrected chi connectivity index (χ1v) is 9.22. The second-order valence-electron chi connectivity index (χ2n) is 5.47. The Hall–Kier alpha value is -0.490. The predicted octanol–water partition coefficient (Wildman–Crippen LogP) is 6.60. The fourth-order valence-corrected chi connectivity index (χ4v) is 2.52. The van der Waals surface area contributed by atoms with E-state index in [1.165, 1.54) is 12.1 Å². The third-order valence-corrected chi connectivity index (χ3v) is 2.94. The van der Waals surface area contributed by atoms with Gasteiger partial charge in [0.15, 0.2) is 0 Å². The minimum absolute atomic E-state index is 0.313. The van der Waals surface area contributed by atoms with Gasteiger partial charge in [-0.25, -0.2) is 9.97 Å². The monoisotopic (exact) mass is 444 g/mol. The lowest BCUT2D eigenvalue weighted by Crippen LogP contribution is -2.10. The van der Waals surface area contributed by atoms with Crippen LogP contribution in [0.5, 0.6) is 0 Å². The van der Waals surface area contributed by atoms with Crippen LogP contribution in [0.3, 0.4) is 0 Å². The van der Waals surface area contributed by atoms with Gasteiger partial charge in [-0.1, -0.05) is 71.9 Å². The van der Waals surface area contributed by atoms with Crippen LogP contribution in [0.15, 0.2) is 24.3 Å². The van der Waals surface area contributed by atoms with Crippen LogP contribution in [-0.4, -0.2) is 22.1 Å². The lowest BCUT2D eigenvalue weighted by molar-refractivity contribution is 0.834. The van der Waals surface area contributed by atoms with Crippen LogP contribution < -0.4 is 11.1 Å². The summed E-state index contributed by atoms with van der Waals surface area (Å²) in [5.41, 5.74) is 5.11. The van der Waals surface area contributed by atoms with Crippen LogP contribution in [0.4, 0.5) is 5.82 Å². The van der Waals surface area contributed by atoms with Crippen molar-refractivity contribution in [2.45, 2.75) is 39.8 Å². The van der Waals surface area contributed by atoms with Gasteiger partial charge in [0, 0.05) is 16.1 Å². The Morgan fingerprint density at radius 1 is 0.760 bits per heavy atom. The Morgan fingerprint density at radius 3 is 1.44 bits per heavy atom. The highest BCUT2D eigenvalue weighted by Crippen LogP contribution is 2.19. The largest absolute Gasteiger partial charge is 0.368 e. The SMILES string of the molecule is CC(C)N.CC(C)Nc1cc(Cl)cc(Cl)n1.Clc1cc(Cl)nc(Cl)c1. The molecule has 0 radical (unpaired) electrons. The van der Waals surface area contributed by atoms with Crippen LogP contribution in [-0.2, 0) is 0 Å². The average molecular weight is 447 g/mol. The first-order chi connectivity index (χ1) is 11.5. The highest BCUT2D eigenvalue weighted by atomic mass is 35.5. The number of nitrogens with two attached hydrogens (primary N) is 1. The molecule has 2 rings (SSSR count). The summed E-state index contributed by atoms with van der Waals surface area (Å²) >= 11 is 27.9. The average Bonchev–Trinajstić information content (AvgIpc) is 2.34. The molecular weight excluding hydrogens is 425 g/mol. The van der Waals surface area contributed by atoms with Crippen molar-refractivity contribution in [3.8, 4) is 0 Å². The molecule has 2 aromatic heterocycles. The van der Waals surface area contributed by atoms with Gasteiger partial charge in [-0.15, -0.1) is 0 Å². The lowest BCUT2D eigenvalue weighted by Gasteiger charge is -2.08. The Morgan fingerprint density at radius 2 is 1.12 bits per heavy atom. The fourth-order valence-electron chi connectivity index (χ4n) is 1.27. The molecule has 2 aromatic rings. The van der Waals surface area contributed by atoms with Gasteiger partial charge in [0.25, 0.3) is 0 Å². The van der Waals surface area contributed by atoms with Gasteiger partial charge < -0.3 is 11.1 Å². The summed E-state index contributed by atoms with van der Waals surface area (Å²) in [4.78, 5) is 7.72. The molecule has 0 bridgehead atoms. The number of halogens is 5. The van der Waals surface area contributed by atoms with Gasteiger partial charge in [0.05, 0.1) is 0 Å². The standard InChI is InChI=1S/C8H10Cl2N2.C5H2Cl3N.C3H9N/c1-5(2)11-8-4-6(9)3-7(10)12-8;6-3-1-4(7)9-5(8)2-3;1-3(2)4/h3-5H,1-2H3,(H,11,12);1-2H;3H,4H2,1-2H3. The molecule has 0 aliphatic heterocycles. The number of aromatic nitrogens is 2. The van der Waals surface area contributed by atoms with Crippen LogP contribution >= 0.6 is 58.0 Å². The first kappa shape index (κ1) is 24.5. The number of rotatable bonds is 2. The van der Waals surface area contributed by atoms with Crippen LogP contribution in [0.2, 0.25) is 25.5 Å². The molecule has 0 aromatic carbocycles. The molecule has 140 valence electrons. The van der Waals surface area contributed by atoms with Gasteiger partial charge >= 0.3 is 0 Å². The maximum atomic E-state index is 5.77. The summed E-state index contributed by atoms with van der Waals surface area (Å²) < 4.78 is 0. The van der Waals surface area contributed by atoms with E-state index in [4.69, 9.17) is 63.7 Å². The van der Waals surface area contributed by atoms with Crippen molar-refractivity contribution in [2.75, 3.05) is 5.32 Å². The lowest BCUT2D eigenvalue weighted by atomic mass is 10.4. The van der Waals surface area contributed by atoms with Gasteiger partial charge in [-0.3, -0.25) is 0 Å². The molecule has 3 N–H and O–H groups in total. The van der Waals surface area contributed by atoms with Crippen molar-refractivity contribution in [3.05, 3.63) is 49.8 Å². The number of nitrogens with zero attached hydrogens (tertiary/aromatic N) is 2. The van der Waals surface area contributed by atoms with Crippen LogP contribution in [0.25, 0.3) is 0 Å². The van der Waals surface area contributed by atoms with Crippen molar-refractivity contribution in [1.82, 2.24) is 9.97 Å². The van der Waals surface area contributed by atoms with Crippen molar-refractivity contribution >= 4 is 63.8 Å². The van der Waals surface area contributed by atoms with E-state index < -0.39 is 0 Å². The van der Waals surface area contributed by atoms with E-state index in [0.29, 0.717) is 43.4 Å². The topological polar surface area (TPSA) is 63.8 Å². The number of pyridine rings is 2. The van der Waals surface area contributed by atoms with E-state index in [0.717, 1.165) is 0 Å². The zero-order valence-electron chi connectivity index (χ0n) is 14.3. The second kappa shape index (κ2) is 12.8. The Balaban J connectivity index is 0.000000391. The maximum absolute atomic E-state index is 5.77. The minimum atomic E-state index is 0.313. The third-order valence-electron chi connectivity index (χ3n) is 1.92. The molecular formula is C16H21Cl5N4. The van der Waals surface area contributed by atoms with Crippen molar-refractivity contribution in [2.24, 2.45) is 5.73 Å². The molecule has 9 heteroatoms. The number of nitrogens with one attached hydrogen (secondary N) is 1. The molecule has 0 fully saturated rings. The zero-order valence-corrected chi connectivity index (χ0v) is 18.1. The van der Waals surface area contributed by atoms with Crippen molar-refractivity contribution in [3.63, 3.8) is 0 Å². The molecule has 4 nitrogen and oxygen atoms in total. The molecule has 0 aliphatic rings. The summed E-state index contributed by atoms with van der Waals surface area (Å²) in [7, 11) is 0. The minimum Gasteiger partial charge on any atom is -0.368 e. The molecule has 0 amide bonds. The number of hydrogen-bond donors (Lipinski definition) is 2.